The second-order valence-corrected chi connectivity index (χ2v) is 8.48. The molecule has 8 nitrogen and oxygen atoms in total. The number of hydrogen-bond donors (Lipinski definition) is 1. The Morgan fingerprint density at radius 2 is 1.74 bits per heavy atom. The monoisotopic (exact) mass is 441 g/mol. The Labute approximate surface area is 178 Å². The Hall–Kier alpha value is -3.37. The number of sulfonamides is 1. The fourth-order valence-corrected chi connectivity index (χ4v) is 3.96. The van der Waals surface area contributed by atoms with E-state index >= 15 is 0 Å². The van der Waals surface area contributed by atoms with Gasteiger partial charge in [0, 0.05) is 18.2 Å². The van der Waals surface area contributed by atoms with Crippen molar-refractivity contribution in [1.82, 2.24) is 24.5 Å². The van der Waals surface area contributed by atoms with Crippen molar-refractivity contribution in [3.8, 4) is 17.3 Å². The van der Waals surface area contributed by atoms with Gasteiger partial charge in [-0.25, -0.2) is 17.5 Å². The number of aryl methyl sites for hydroxylation is 1. The average molecular weight is 441 g/mol. The molecule has 2 aromatic heterocycles. The minimum absolute atomic E-state index is 0.0740. The topological polar surface area (TPSA) is 98.5 Å². The molecule has 10 heteroatoms. The van der Waals surface area contributed by atoms with Crippen LogP contribution in [0.25, 0.3) is 17.0 Å². The highest BCUT2D eigenvalue weighted by Gasteiger charge is 2.14. The SMILES string of the molecule is CCc1ccc(S(=O)(=O)NCCOc2ccc3nnc(-c4ccc(F)cc4)n3n2)cc1. The lowest BCUT2D eigenvalue weighted by Crippen LogP contribution is -2.28. The molecular formula is C21H20FN5O3S. The van der Waals surface area contributed by atoms with Crippen LogP contribution in [-0.4, -0.2) is 41.4 Å². The normalized spacial score (nSPS) is 11.7. The summed E-state index contributed by atoms with van der Waals surface area (Å²) in [6, 6.07) is 15.9. The maximum Gasteiger partial charge on any atom is 0.240 e. The van der Waals surface area contributed by atoms with Crippen molar-refractivity contribution in [3.63, 3.8) is 0 Å². The summed E-state index contributed by atoms with van der Waals surface area (Å²) in [5.41, 5.74) is 2.22. The minimum Gasteiger partial charge on any atom is -0.475 e. The fraction of sp³-hybridized carbons (Fsp3) is 0.190. The van der Waals surface area contributed by atoms with E-state index in [4.69, 9.17) is 4.74 Å². The molecule has 0 bridgehead atoms. The van der Waals surface area contributed by atoms with Crippen molar-refractivity contribution in [2.45, 2.75) is 18.2 Å². The second-order valence-electron chi connectivity index (χ2n) is 6.72. The van der Waals surface area contributed by atoms with E-state index in [0.29, 0.717) is 17.0 Å². The van der Waals surface area contributed by atoms with E-state index in [0.717, 1.165) is 12.0 Å². The third kappa shape index (κ3) is 4.70. The van der Waals surface area contributed by atoms with Crippen molar-refractivity contribution in [1.29, 1.82) is 0 Å². The molecule has 4 rings (SSSR count). The Balaban J connectivity index is 1.41. The highest BCUT2D eigenvalue weighted by atomic mass is 32.2. The zero-order chi connectivity index (χ0) is 21.8. The molecule has 0 radical (unpaired) electrons. The van der Waals surface area contributed by atoms with Gasteiger partial charge in [-0.1, -0.05) is 19.1 Å². The summed E-state index contributed by atoms with van der Waals surface area (Å²) in [7, 11) is -3.62. The first-order chi connectivity index (χ1) is 15.0. The zero-order valence-corrected chi connectivity index (χ0v) is 17.5. The molecule has 2 heterocycles. The first-order valence-electron chi connectivity index (χ1n) is 9.66. The fourth-order valence-electron chi connectivity index (χ4n) is 2.95. The van der Waals surface area contributed by atoms with Crippen LogP contribution in [-0.2, 0) is 16.4 Å². The molecule has 0 unspecified atom stereocenters. The summed E-state index contributed by atoms with van der Waals surface area (Å²) in [4.78, 5) is 0.206. The third-order valence-corrected chi connectivity index (χ3v) is 6.10. The van der Waals surface area contributed by atoms with Crippen LogP contribution in [0.2, 0.25) is 0 Å². The van der Waals surface area contributed by atoms with Crippen LogP contribution < -0.4 is 9.46 Å². The van der Waals surface area contributed by atoms with Crippen molar-refractivity contribution >= 4 is 15.7 Å². The Bertz CT molecular complexity index is 1290. The van der Waals surface area contributed by atoms with E-state index in [1.165, 1.54) is 16.6 Å². The van der Waals surface area contributed by atoms with Crippen molar-refractivity contribution in [2.24, 2.45) is 0 Å². The molecule has 1 N–H and O–H groups in total. The molecule has 0 spiro atoms. The van der Waals surface area contributed by atoms with Gasteiger partial charge in [0.05, 0.1) is 4.90 Å². The van der Waals surface area contributed by atoms with Crippen LogP contribution >= 0.6 is 0 Å². The first kappa shape index (κ1) is 20.9. The van der Waals surface area contributed by atoms with Crippen LogP contribution in [0.4, 0.5) is 4.39 Å². The van der Waals surface area contributed by atoms with E-state index in [1.807, 2.05) is 6.92 Å². The van der Waals surface area contributed by atoms with Crippen LogP contribution in [0.1, 0.15) is 12.5 Å². The zero-order valence-electron chi connectivity index (χ0n) is 16.7. The van der Waals surface area contributed by atoms with Gasteiger partial charge in [-0.05, 0) is 54.4 Å². The molecule has 0 aliphatic heterocycles. The van der Waals surface area contributed by atoms with E-state index in [-0.39, 0.29) is 29.7 Å². The van der Waals surface area contributed by atoms with Gasteiger partial charge in [0.1, 0.15) is 12.4 Å². The summed E-state index contributed by atoms with van der Waals surface area (Å²) in [5, 5.41) is 12.5. The minimum atomic E-state index is -3.62. The number of fused-ring (bicyclic) bond motifs is 1. The van der Waals surface area contributed by atoms with Crippen LogP contribution in [0, 0.1) is 5.82 Å². The van der Waals surface area contributed by atoms with Crippen molar-refractivity contribution < 1.29 is 17.5 Å². The van der Waals surface area contributed by atoms with Gasteiger partial charge in [-0.3, -0.25) is 0 Å². The summed E-state index contributed by atoms with van der Waals surface area (Å²) in [6.45, 7) is 2.16. The molecule has 0 saturated heterocycles. The lowest BCUT2D eigenvalue weighted by Gasteiger charge is -2.09. The number of rotatable bonds is 8. The second kappa shape index (κ2) is 8.78. The summed E-state index contributed by atoms with van der Waals surface area (Å²) < 4.78 is 47.5. The van der Waals surface area contributed by atoms with E-state index in [1.54, 1.807) is 48.5 Å². The molecule has 31 heavy (non-hydrogen) atoms. The Morgan fingerprint density at radius 1 is 1.00 bits per heavy atom. The lowest BCUT2D eigenvalue weighted by molar-refractivity contribution is 0.306. The van der Waals surface area contributed by atoms with Gasteiger partial charge in [0.25, 0.3) is 0 Å². The Morgan fingerprint density at radius 3 is 2.45 bits per heavy atom. The third-order valence-electron chi connectivity index (χ3n) is 4.63. The predicted molar refractivity (Wildman–Crippen MR) is 113 cm³/mol. The number of benzene rings is 2. The number of nitrogens with zero attached hydrogens (tertiary/aromatic N) is 4. The number of nitrogens with one attached hydrogen (secondary N) is 1. The largest absolute Gasteiger partial charge is 0.475 e. The van der Waals surface area contributed by atoms with Crippen LogP contribution in [0.15, 0.2) is 65.6 Å². The number of hydrogen-bond acceptors (Lipinski definition) is 6. The molecule has 0 aliphatic rings. The molecule has 0 aliphatic carbocycles. The van der Waals surface area contributed by atoms with Gasteiger partial charge in [0.15, 0.2) is 11.5 Å². The quantitative estimate of drug-likeness (QED) is 0.422. The molecule has 0 saturated carbocycles. The summed E-state index contributed by atoms with van der Waals surface area (Å²) in [6.07, 6.45) is 0.842. The molecule has 160 valence electrons. The number of aromatic nitrogens is 4. The van der Waals surface area contributed by atoms with Gasteiger partial charge in [0.2, 0.25) is 15.9 Å². The molecule has 4 aromatic rings. The molecule has 0 atom stereocenters. The molecule has 0 fully saturated rings. The maximum absolute atomic E-state index is 13.2. The van der Waals surface area contributed by atoms with E-state index in [2.05, 4.69) is 20.0 Å². The average Bonchev–Trinajstić information content (AvgIpc) is 3.20. The predicted octanol–water partition coefficient (Wildman–Crippen LogP) is 2.85. The first-order valence-corrected chi connectivity index (χ1v) is 11.1. The summed E-state index contributed by atoms with van der Waals surface area (Å²) >= 11 is 0. The smallest absolute Gasteiger partial charge is 0.240 e. The lowest BCUT2D eigenvalue weighted by atomic mass is 10.2. The molecule has 0 amide bonds. The molecular weight excluding hydrogens is 421 g/mol. The summed E-state index contributed by atoms with van der Waals surface area (Å²) in [5.74, 6) is 0.372. The number of halogens is 1. The maximum atomic E-state index is 13.2. The standard InChI is InChI=1S/C21H20FN5O3S/c1-2-15-3-9-18(10-4-15)31(28,29)23-13-14-30-20-12-11-19-24-25-21(27(19)26-20)16-5-7-17(22)8-6-16/h3-12,23H,2,13-14H2,1H3. The van der Waals surface area contributed by atoms with Crippen LogP contribution in [0.5, 0.6) is 5.88 Å². The highest BCUT2D eigenvalue weighted by Crippen LogP contribution is 2.19. The highest BCUT2D eigenvalue weighted by molar-refractivity contribution is 7.89. The Kier molecular flexibility index (Phi) is 5.92. The number of ether oxygens (including phenoxy) is 1. The van der Waals surface area contributed by atoms with Crippen LogP contribution in [0.3, 0.4) is 0 Å². The van der Waals surface area contributed by atoms with Gasteiger partial charge in [-0.15, -0.1) is 15.3 Å². The van der Waals surface area contributed by atoms with E-state index < -0.39 is 10.0 Å². The van der Waals surface area contributed by atoms with Gasteiger partial charge >= 0.3 is 0 Å². The van der Waals surface area contributed by atoms with Crippen molar-refractivity contribution in [2.75, 3.05) is 13.2 Å². The van der Waals surface area contributed by atoms with Gasteiger partial charge < -0.3 is 4.74 Å². The van der Waals surface area contributed by atoms with E-state index in [9.17, 15) is 12.8 Å². The van der Waals surface area contributed by atoms with Gasteiger partial charge in [-0.2, -0.15) is 4.52 Å². The molecule has 2 aromatic carbocycles. The van der Waals surface area contributed by atoms with Crippen molar-refractivity contribution in [3.05, 3.63) is 72.0 Å².